The van der Waals surface area contributed by atoms with Gasteiger partial charge in [-0.15, -0.1) is 10.2 Å². The van der Waals surface area contributed by atoms with Crippen LogP contribution in [0.15, 0.2) is 5.16 Å². The molecule has 0 unspecified atom stereocenters. The lowest BCUT2D eigenvalue weighted by molar-refractivity contribution is 0.796. The standard InChI is InChI=1S/C7H14N4S2/c1-3-12-4-5-13-7-10-9-6(8)11(7)2/h3-5H2,1-2H3,(H2,8,9). The summed E-state index contributed by atoms with van der Waals surface area (Å²) in [6, 6.07) is 0. The molecule has 0 radical (unpaired) electrons. The monoisotopic (exact) mass is 218 g/mol. The van der Waals surface area contributed by atoms with Gasteiger partial charge >= 0.3 is 0 Å². The van der Waals surface area contributed by atoms with Gasteiger partial charge in [-0.3, -0.25) is 4.57 Å². The molecule has 1 heterocycles. The number of rotatable bonds is 5. The zero-order chi connectivity index (χ0) is 9.68. The molecule has 4 nitrogen and oxygen atoms in total. The van der Waals surface area contributed by atoms with Gasteiger partial charge in [-0.05, 0) is 5.75 Å². The first kappa shape index (κ1) is 10.7. The number of aromatic nitrogens is 3. The van der Waals surface area contributed by atoms with Crippen LogP contribution >= 0.6 is 23.5 Å². The minimum Gasteiger partial charge on any atom is -0.368 e. The molecule has 0 amide bonds. The van der Waals surface area contributed by atoms with E-state index in [4.69, 9.17) is 5.73 Å². The molecule has 0 bridgehead atoms. The van der Waals surface area contributed by atoms with Gasteiger partial charge in [0, 0.05) is 18.6 Å². The molecule has 2 N–H and O–H groups in total. The van der Waals surface area contributed by atoms with Crippen LogP contribution in [0.2, 0.25) is 0 Å². The zero-order valence-corrected chi connectivity index (χ0v) is 9.49. The summed E-state index contributed by atoms with van der Waals surface area (Å²) >= 11 is 3.63. The summed E-state index contributed by atoms with van der Waals surface area (Å²) in [5.74, 6) is 3.85. The molecular weight excluding hydrogens is 204 g/mol. The highest BCUT2D eigenvalue weighted by Crippen LogP contribution is 2.17. The third-order valence-electron chi connectivity index (χ3n) is 1.53. The number of anilines is 1. The van der Waals surface area contributed by atoms with Crippen molar-refractivity contribution in [1.29, 1.82) is 0 Å². The number of nitrogens with zero attached hydrogens (tertiary/aromatic N) is 3. The molecule has 1 aromatic rings. The molecule has 0 aliphatic rings. The van der Waals surface area contributed by atoms with Crippen LogP contribution in [0.1, 0.15) is 6.92 Å². The average Bonchev–Trinajstić information content (AvgIpc) is 2.43. The number of nitrogens with two attached hydrogens (primary N) is 1. The summed E-state index contributed by atoms with van der Waals surface area (Å²) in [6.45, 7) is 2.16. The van der Waals surface area contributed by atoms with Crippen molar-refractivity contribution in [3.63, 3.8) is 0 Å². The molecule has 0 fully saturated rings. The first-order chi connectivity index (χ1) is 6.25. The summed E-state index contributed by atoms with van der Waals surface area (Å²) in [6.07, 6.45) is 0. The highest BCUT2D eigenvalue weighted by Gasteiger charge is 2.04. The Balaban J connectivity index is 2.32. The molecule has 0 spiro atoms. The van der Waals surface area contributed by atoms with Crippen molar-refractivity contribution in [1.82, 2.24) is 14.8 Å². The predicted molar refractivity (Wildman–Crippen MR) is 59.1 cm³/mol. The highest BCUT2D eigenvalue weighted by molar-refractivity contribution is 8.02. The number of hydrogen-bond acceptors (Lipinski definition) is 5. The van der Waals surface area contributed by atoms with E-state index in [1.807, 2.05) is 18.8 Å². The first-order valence-electron chi connectivity index (χ1n) is 4.11. The van der Waals surface area contributed by atoms with E-state index < -0.39 is 0 Å². The van der Waals surface area contributed by atoms with Crippen molar-refractivity contribution < 1.29 is 0 Å². The van der Waals surface area contributed by atoms with Gasteiger partial charge in [0.2, 0.25) is 5.95 Å². The Morgan fingerprint density at radius 3 is 2.69 bits per heavy atom. The maximum Gasteiger partial charge on any atom is 0.222 e. The van der Waals surface area contributed by atoms with E-state index >= 15 is 0 Å². The molecule has 0 atom stereocenters. The lowest BCUT2D eigenvalue weighted by Gasteiger charge is -1.99. The van der Waals surface area contributed by atoms with Gasteiger partial charge in [0.05, 0.1) is 0 Å². The van der Waals surface area contributed by atoms with E-state index in [2.05, 4.69) is 17.1 Å². The van der Waals surface area contributed by atoms with Gasteiger partial charge in [0.1, 0.15) is 0 Å². The lowest BCUT2D eigenvalue weighted by atomic mass is 10.9. The average molecular weight is 218 g/mol. The quantitative estimate of drug-likeness (QED) is 0.595. The minimum atomic E-state index is 0.477. The van der Waals surface area contributed by atoms with Crippen molar-refractivity contribution in [2.24, 2.45) is 7.05 Å². The molecule has 1 aromatic heterocycles. The molecular formula is C7H14N4S2. The summed E-state index contributed by atoms with van der Waals surface area (Å²) in [4.78, 5) is 0. The Morgan fingerprint density at radius 1 is 1.38 bits per heavy atom. The fourth-order valence-corrected chi connectivity index (χ4v) is 2.45. The van der Waals surface area contributed by atoms with Crippen LogP contribution in [0.3, 0.4) is 0 Å². The third-order valence-corrected chi connectivity index (χ3v) is 3.71. The summed E-state index contributed by atoms with van der Waals surface area (Å²) in [7, 11) is 1.88. The van der Waals surface area contributed by atoms with Crippen molar-refractivity contribution in [2.45, 2.75) is 12.1 Å². The number of thioether (sulfide) groups is 2. The molecule has 0 saturated heterocycles. The second-order valence-corrected chi connectivity index (χ2v) is 4.90. The smallest absolute Gasteiger partial charge is 0.222 e. The molecule has 0 aromatic carbocycles. The maximum absolute atomic E-state index is 5.54. The van der Waals surface area contributed by atoms with Crippen LogP contribution in [-0.2, 0) is 7.05 Å². The normalized spacial score (nSPS) is 10.6. The van der Waals surface area contributed by atoms with E-state index in [9.17, 15) is 0 Å². The largest absolute Gasteiger partial charge is 0.368 e. The number of hydrogen-bond donors (Lipinski definition) is 1. The van der Waals surface area contributed by atoms with E-state index in [-0.39, 0.29) is 0 Å². The molecule has 0 aliphatic carbocycles. The van der Waals surface area contributed by atoms with Gasteiger partial charge in [0.15, 0.2) is 5.16 Å². The molecule has 1 rings (SSSR count). The third kappa shape index (κ3) is 3.11. The summed E-state index contributed by atoms with van der Waals surface area (Å²) < 4.78 is 1.81. The summed E-state index contributed by atoms with van der Waals surface area (Å²) in [5, 5.41) is 8.63. The fraction of sp³-hybridized carbons (Fsp3) is 0.714. The highest BCUT2D eigenvalue weighted by atomic mass is 32.2. The second kappa shape index (κ2) is 5.39. The van der Waals surface area contributed by atoms with Crippen LogP contribution in [0.5, 0.6) is 0 Å². The zero-order valence-electron chi connectivity index (χ0n) is 7.86. The predicted octanol–water partition coefficient (Wildman–Crippen LogP) is 1.24. The Labute approximate surface area is 86.7 Å². The van der Waals surface area contributed by atoms with Crippen LogP contribution < -0.4 is 5.73 Å². The van der Waals surface area contributed by atoms with E-state index in [0.717, 1.165) is 16.7 Å². The molecule has 0 saturated carbocycles. The Kier molecular flexibility index (Phi) is 4.44. The SMILES string of the molecule is CCSCCSc1nnc(N)n1C. The Bertz CT molecular complexity index is 261. The van der Waals surface area contributed by atoms with Gasteiger partial charge < -0.3 is 5.73 Å². The molecule has 6 heteroatoms. The van der Waals surface area contributed by atoms with E-state index in [1.54, 1.807) is 16.3 Å². The summed E-state index contributed by atoms with van der Waals surface area (Å²) in [5.41, 5.74) is 5.54. The van der Waals surface area contributed by atoms with Gasteiger partial charge in [-0.25, -0.2) is 0 Å². The van der Waals surface area contributed by atoms with Crippen molar-refractivity contribution in [3.05, 3.63) is 0 Å². The first-order valence-corrected chi connectivity index (χ1v) is 6.25. The van der Waals surface area contributed by atoms with Crippen LogP contribution in [-0.4, -0.2) is 32.0 Å². The second-order valence-electron chi connectivity index (χ2n) is 2.45. The van der Waals surface area contributed by atoms with Gasteiger partial charge in [-0.1, -0.05) is 18.7 Å². The van der Waals surface area contributed by atoms with Gasteiger partial charge in [-0.2, -0.15) is 11.8 Å². The maximum atomic E-state index is 5.54. The van der Waals surface area contributed by atoms with Crippen LogP contribution in [0, 0.1) is 0 Å². The topological polar surface area (TPSA) is 56.7 Å². The number of nitrogen functional groups attached to an aromatic ring is 1. The Morgan fingerprint density at radius 2 is 2.15 bits per heavy atom. The lowest BCUT2D eigenvalue weighted by Crippen LogP contribution is -1.98. The molecule has 0 aliphatic heterocycles. The Hall–Kier alpha value is -0.360. The van der Waals surface area contributed by atoms with E-state index in [1.165, 1.54) is 5.75 Å². The van der Waals surface area contributed by atoms with Crippen LogP contribution in [0.25, 0.3) is 0 Å². The van der Waals surface area contributed by atoms with Crippen molar-refractivity contribution in [3.8, 4) is 0 Å². The van der Waals surface area contributed by atoms with Crippen molar-refractivity contribution in [2.75, 3.05) is 23.0 Å². The molecule has 74 valence electrons. The van der Waals surface area contributed by atoms with Gasteiger partial charge in [0.25, 0.3) is 0 Å². The fourth-order valence-electron chi connectivity index (χ4n) is 0.788. The van der Waals surface area contributed by atoms with Crippen LogP contribution in [0.4, 0.5) is 5.95 Å². The molecule has 13 heavy (non-hydrogen) atoms. The van der Waals surface area contributed by atoms with E-state index in [0.29, 0.717) is 5.95 Å². The minimum absolute atomic E-state index is 0.477. The van der Waals surface area contributed by atoms with Crippen molar-refractivity contribution >= 4 is 29.5 Å².